The zero-order valence-corrected chi connectivity index (χ0v) is 12.0. The summed E-state index contributed by atoms with van der Waals surface area (Å²) in [6, 6.07) is 7.67. The summed E-state index contributed by atoms with van der Waals surface area (Å²) in [7, 11) is -3.54. The Hall–Kier alpha value is -1.29. The maximum atomic E-state index is 12.4. The molecule has 0 atom stereocenters. The molecule has 0 radical (unpaired) electrons. The number of hydrogen-bond acceptors (Lipinski definition) is 5. The molecule has 0 amide bonds. The number of phosphoric acid groups is 1. The van der Waals surface area contributed by atoms with E-state index in [0.29, 0.717) is 12.3 Å². The second-order valence-corrected chi connectivity index (χ2v) is 5.46. The summed E-state index contributed by atoms with van der Waals surface area (Å²) in [6.45, 7) is 4.65. The van der Waals surface area contributed by atoms with E-state index >= 15 is 0 Å². The van der Waals surface area contributed by atoms with Crippen molar-refractivity contribution in [1.82, 2.24) is 0 Å². The second kappa shape index (κ2) is 6.24. The Morgan fingerprint density at radius 1 is 1.21 bits per heavy atom. The highest BCUT2D eigenvalue weighted by atomic mass is 31.2. The molecule has 19 heavy (non-hydrogen) atoms. The molecule has 1 aromatic rings. The first kappa shape index (κ1) is 14.1. The molecule has 0 fully saturated rings. The van der Waals surface area contributed by atoms with Crippen molar-refractivity contribution in [3.63, 3.8) is 0 Å². The van der Waals surface area contributed by atoms with Crippen LogP contribution < -0.4 is 5.32 Å². The van der Waals surface area contributed by atoms with Crippen LogP contribution in [0.3, 0.4) is 0 Å². The predicted molar refractivity (Wildman–Crippen MR) is 74.9 cm³/mol. The van der Waals surface area contributed by atoms with E-state index in [1.54, 1.807) is 13.8 Å². The van der Waals surface area contributed by atoms with Crippen molar-refractivity contribution >= 4 is 19.3 Å². The first-order valence-corrected chi connectivity index (χ1v) is 7.76. The van der Waals surface area contributed by atoms with Gasteiger partial charge in [-0.1, -0.05) is 12.1 Å². The molecule has 1 N–H and O–H groups in total. The number of anilines is 1. The standard InChI is InChI=1S/C13H18NO4P/c1-3-16-19(15,17-4-2)18-13-9-10-14-12-8-6-5-7-11(12)13/h5-9,14H,3-4,10H2,1-2H3. The fourth-order valence-electron chi connectivity index (χ4n) is 1.83. The van der Waals surface area contributed by atoms with Crippen molar-refractivity contribution < 1.29 is 18.1 Å². The molecule has 1 aromatic carbocycles. The number of rotatable bonds is 6. The van der Waals surface area contributed by atoms with Crippen molar-refractivity contribution in [1.29, 1.82) is 0 Å². The molecule has 5 nitrogen and oxygen atoms in total. The van der Waals surface area contributed by atoms with Crippen LogP contribution in [-0.2, 0) is 18.1 Å². The van der Waals surface area contributed by atoms with Gasteiger partial charge < -0.3 is 9.84 Å². The van der Waals surface area contributed by atoms with Crippen LogP contribution in [-0.4, -0.2) is 19.8 Å². The zero-order chi connectivity index (χ0) is 13.7. The molecule has 0 unspecified atom stereocenters. The SMILES string of the molecule is CCOP(=O)(OCC)OC1=CCNc2ccccc21. The highest BCUT2D eigenvalue weighted by molar-refractivity contribution is 7.48. The van der Waals surface area contributed by atoms with Gasteiger partial charge in [0.2, 0.25) is 0 Å². The Morgan fingerprint density at radius 3 is 2.58 bits per heavy atom. The average molecular weight is 283 g/mol. The average Bonchev–Trinajstić information content (AvgIpc) is 2.39. The van der Waals surface area contributed by atoms with E-state index in [2.05, 4.69) is 5.32 Å². The van der Waals surface area contributed by atoms with Gasteiger partial charge in [-0.15, -0.1) is 0 Å². The molecular formula is C13H18NO4P. The van der Waals surface area contributed by atoms with Crippen LogP contribution >= 0.6 is 7.82 Å². The minimum Gasteiger partial charge on any atom is -0.404 e. The van der Waals surface area contributed by atoms with Gasteiger partial charge in [0.05, 0.1) is 13.2 Å². The van der Waals surface area contributed by atoms with Crippen molar-refractivity contribution in [2.24, 2.45) is 0 Å². The van der Waals surface area contributed by atoms with Crippen LogP contribution in [0, 0.1) is 0 Å². The molecule has 1 aliphatic heterocycles. The second-order valence-electron chi connectivity index (χ2n) is 3.87. The lowest BCUT2D eigenvalue weighted by molar-refractivity contribution is 0.159. The van der Waals surface area contributed by atoms with E-state index in [9.17, 15) is 4.57 Å². The smallest absolute Gasteiger partial charge is 0.404 e. The molecule has 0 saturated carbocycles. The third kappa shape index (κ3) is 3.38. The van der Waals surface area contributed by atoms with Crippen molar-refractivity contribution in [2.45, 2.75) is 13.8 Å². The molecule has 0 aliphatic carbocycles. The van der Waals surface area contributed by atoms with Gasteiger partial charge in [0, 0.05) is 17.8 Å². The summed E-state index contributed by atoms with van der Waals surface area (Å²) in [5, 5.41) is 3.21. The van der Waals surface area contributed by atoms with Crippen LogP contribution in [0.5, 0.6) is 0 Å². The van der Waals surface area contributed by atoms with E-state index in [0.717, 1.165) is 11.3 Å². The Morgan fingerprint density at radius 2 is 1.89 bits per heavy atom. The number of nitrogens with one attached hydrogen (secondary N) is 1. The van der Waals surface area contributed by atoms with Gasteiger partial charge in [0.25, 0.3) is 0 Å². The fourth-order valence-corrected chi connectivity index (χ4v) is 3.06. The maximum Gasteiger partial charge on any atom is 0.530 e. The summed E-state index contributed by atoms with van der Waals surface area (Å²) in [5.41, 5.74) is 1.80. The van der Waals surface area contributed by atoms with Crippen LogP contribution in [0.1, 0.15) is 19.4 Å². The predicted octanol–water partition coefficient (Wildman–Crippen LogP) is 3.65. The topological polar surface area (TPSA) is 56.8 Å². The van der Waals surface area contributed by atoms with Gasteiger partial charge in [0.1, 0.15) is 5.76 Å². The molecule has 0 saturated heterocycles. The minimum absolute atomic E-state index is 0.268. The fraction of sp³-hybridized carbons (Fsp3) is 0.385. The van der Waals surface area contributed by atoms with Gasteiger partial charge in [-0.2, -0.15) is 0 Å². The third-order valence-corrected chi connectivity index (χ3v) is 4.13. The quantitative estimate of drug-likeness (QED) is 0.807. The molecule has 1 aliphatic rings. The van der Waals surface area contributed by atoms with Gasteiger partial charge in [0.15, 0.2) is 0 Å². The first-order chi connectivity index (χ1) is 9.18. The Bertz CT molecular complexity index is 505. The van der Waals surface area contributed by atoms with Gasteiger partial charge in [-0.25, -0.2) is 4.57 Å². The van der Waals surface area contributed by atoms with Gasteiger partial charge >= 0.3 is 7.82 Å². The van der Waals surface area contributed by atoms with Gasteiger partial charge in [-0.05, 0) is 32.1 Å². The monoisotopic (exact) mass is 283 g/mol. The lowest BCUT2D eigenvalue weighted by atomic mass is 10.1. The van der Waals surface area contributed by atoms with Gasteiger partial charge in [-0.3, -0.25) is 9.05 Å². The van der Waals surface area contributed by atoms with Crippen LogP contribution in [0.2, 0.25) is 0 Å². The molecular weight excluding hydrogens is 265 g/mol. The van der Waals surface area contributed by atoms with Crippen molar-refractivity contribution in [3.05, 3.63) is 35.9 Å². The van der Waals surface area contributed by atoms with E-state index in [-0.39, 0.29) is 13.2 Å². The zero-order valence-electron chi connectivity index (χ0n) is 11.1. The highest BCUT2D eigenvalue weighted by Gasteiger charge is 2.30. The molecule has 0 bridgehead atoms. The van der Waals surface area contributed by atoms with E-state index in [1.807, 2.05) is 30.3 Å². The minimum atomic E-state index is -3.54. The first-order valence-electron chi connectivity index (χ1n) is 6.30. The van der Waals surface area contributed by atoms with Crippen LogP contribution in [0.4, 0.5) is 5.69 Å². The van der Waals surface area contributed by atoms with E-state index in [1.165, 1.54) is 0 Å². The van der Waals surface area contributed by atoms with Crippen molar-refractivity contribution in [2.75, 3.05) is 25.1 Å². The Kier molecular flexibility index (Phi) is 4.64. The highest BCUT2D eigenvalue weighted by Crippen LogP contribution is 2.53. The summed E-state index contributed by atoms with van der Waals surface area (Å²) in [5.74, 6) is 0.527. The summed E-state index contributed by atoms with van der Waals surface area (Å²) in [4.78, 5) is 0. The van der Waals surface area contributed by atoms with Crippen LogP contribution in [0.15, 0.2) is 30.3 Å². The van der Waals surface area contributed by atoms with E-state index < -0.39 is 7.82 Å². The number of hydrogen-bond donors (Lipinski definition) is 1. The van der Waals surface area contributed by atoms with E-state index in [4.69, 9.17) is 13.6 Å². The summed E-state index contributed by atoms with van der Waals surface area (Å²) >= 11 is 0. The maximum absolute atomic E-state index is 12.4. The molecule has 104 valence electrons. The number of phosphoric ester groups is 1. The molecule has 2 rings (SSSR count). The largest absolute Gasteiger partial charge is 0.530 e. The summed E-state index contributed by atoms with van der Waals surface area (Å²) < 4.78 is 28.2. The third-order valence-electron chi connectivity index (χ3n) is 2.56. The summed E-state index contributed by atoms with van der Waals surface area (Å²) in [6.07, 6.45) is 1.83. The molecule has 0 aromatic heterocycles. The number of fused-ring (bicyclic) bond motifs is 1. The lowest BCUT2D eigenvalue weighted by Crippen LogP contribution is -2.10. The lowest BCUT2D eigenvalue weighted by Gasteiger charge is -2.23. The number of benzene rings is 1. The molecule has 1 heterocycles. The molecule has 6 heteroatoms. The van der Waals surface area contributed by atoms with Crippen molar-refractivity contribution in [3.8, 4) is 0 Å². The molecule has 0 spiro atoms. The Labute approximate surface area is 113 Å². The normalized spacial score (nSPS) is 14.3. The Balaban J connectivity index is 2.22. The number of para-hydroxylation sites is 1. The van der Waals surface area contributed by atoms with Crippen LogP contribution in [0.25, 0.3) is 5.76 Å².